The van der Waals surface area contributed by atoms with E-state index in [0.717, 1.165) is 32.1 Å². The first-order valence-electron chi connectivity index (χ1n) is 21.1. The molecule has 0 aliphatic carbocycles. The number of hydrogen-bond acceptors (Lipinski definition) is 2. The lowest BCUT2D eigenvalue weighted by Gasteiger charge is -2.10. The van der Waals surface area contributed by atoms with Crippen LogP contribution in [0.5, 0.6) is 0 Å². The van der Waals surface area contributed by atoms with Crippen LogP contribution in [-0.4, -0.2) is 17.0 Å². The molecule has 0 spiro atoms. The van der Waals surface area contributed by atoms with Crippen LogP contribution >= 0.6 is 0 Å². The highest BCUT2D eigenvalue weighted by molar-refractivity contribution is 5.89. The van der Waals surface area contributed by atoms with Crippen LogP contribution in [0, 0.1) is 0 Å². The van der Waals surface area contributed by atoms with Gasteiger partial charge in [0.2, 0.25) is 0 Å². The van der Waals surface area contributed by atoms with Gasteiger partial charge in [-0.05, 0) is 45.1 Å². The Morgan fingerprint density at radius 1 is 0.500 bits per heavy atom. The molecular weight excluding hydrogens is 560 g/mol. The molecule has 0 heterocycles. The Balaban J connectivity index is 3.22. The van der Waals surface area contributed by atoms with Crippen LogP contribution < -0.4 is 0 Å². The molecule has 0 bridgehead atoms. The highest BCUT2D eigenvalue weighted by Crippen LogP contribution is 2.17. The number of allylic oxidation sites excluding steroid dienone is 3. The lowest BCUT2D eigenvalue weighted by Crippen LogP contribution is -2.05. The van der Waals surface area contributed by atoms with Gasteiger partial charge in [0.15, 0.2) is 5.78 Å². The van der Waals surface area contributed by atoms with Crippen molar-refractivity contribution in [3.05, 3.63) is 24.3 Å². The summed E-state index contributed by atoms with van der Waals surface area (Å²) in [4.78, 5) is 11.9. The zero-order valence-electron chi connectivity index (χ0n) is 31.8. The minimum Gasteiger partial charge on any atom is -0.393 e. The number of hydrogen-bond donors (Lipinski definition) is 1. The van der Waals surface area contributed by atoms with E-state index in [1.54, 1.807) is 6.08 Å². The SMILES string of the molecule is C=C(C)CCC=CC(=O)CCCCCCCCCCCCC[C@@H](O)CCCCCCCCCCCCCCCCCCCCCC. The summed E-state index contributed by atoms with van der Waals surface area (Å²) in [5.74, 6) is 0.283. The molecule has 1 N–H and O–H groups in total. The van der Waals surface area contributed by atoms with E-state index in [1.807, 2.05) is 13.0 Å². The first-order valence-corrected chi connectivity index (χ1v) is 21.1. The van der Waals surface area contributed by atoms with Crippen molar-refractivity contribution in [3.63, 3.8) is 0 Å². The maximum atomic E-state index is 11.9. The number of unbranched alkanes of at least 4 members (excludes halogenated alkanes) is 29. The summed E-state index contributed by atoms with van der Waals surface area (Å²) in [5.41, 5.74) is 1.18. The average molecular weight is 645 g/mol. The number of rotatable bonds is 39. The lowest BCUT2D eigenvalue weighted by molar-refractivity contribution is -0.114. The van der Waals surface area contributed by atoms with E-state index < -0.39 is 0 Å². The van der Waals surface area contributed by atoms with Gasteiger partial charge in [0.1, 0.15) is 0 Å². The van der Waals surface area contributed by atoms with Crippen LogP contribution in [-0.2, 0) is 4.79 Å². The van der Waals surface area contributed by atoms with Crippen LogP contribution in [0.1, 0.15) is 245 Å². The quantitative estimate of drug-likeness (QED) is 0.0411. The molecule has 1 atom stereocenters. The number of carbonyl (C=O) groups excluding carboxylic acids is 1. The van der Waals surface area contributed by atoms with Gasteiger partial charge in [-0.25, -0.2) is 0 Å². The summed E-state index contributed by atoms with van der Waals surface area (Å²) in [6.45, 7) is 8.23. The van der Waals surface area contributed by atoms with Crippen molar-refractivity contribution in [1.82, 2.24) is 0 Å². The smallest absolute Gasteiger partial charge is 0.155 e. The summed E-state index contributed by atoms with van der Waals surface area (Å²) in [6, 6.07) is 0. The Bertz CT molecular complexity index is 650. The van der Waals surface area contributed by atoms with E-state index in [4.69, 9.17) is 0 Å². The molecule has 0 saturated carbocycles. The Labute approximate surface area is 290 Å². The van der Waals surface area contributed by atoms with Crippen LogP contribution in [0.2, 0.25) is 0 Å². The second-order valence-corrected chi connectivity index (χ2v) is 15.0. The molecule has 0 aromatic heterocycles. The number of carbonyl (C=O) groups is 1. The topological polar surface area (TPSA) is 37.3 Å². The summed E-state index contributed by atoms with van der Waals surface area (Å²) in [7, 11) is 0. The highest BCUT2D eigenvalue weighted by Gasteiger charge is 2.04. The average Bonchev–Trinajstić information content (AvgIpc) is 3.04. The lowest BCUT2D eigenvalue weighted by atomic mass is 10.0. The molecule has 0 amide bonds. The highest BCUT2D eigenvalue weighted by atomic mass is 16.3. The van der Waals surface area contributed by atoms with Gasteiger partial charge in [-0.1, -0.05) is 211 Å². The second kappa shape index (κ2) is 38.6. The summed E-state index contributed by atoms with van der Waals surface area (Å²) >= 11 is 0. The molecule has 0 saturated heterocycles. The van der Waals surface area contributed by atoms with Crippen LogP contribution in [0.4, 0.5) is 0 Å². The minimum atomic E-state index is -0.0663. The number of ketones is 1. The van der Waals surface area contributed by atoms with E-state index in [2.05, 4.69) is 13.5 Å². The van der Waals surface area contributed by atoms with Gasteiger partial charge in [0.25, 0.3) is 0 Å². The Morgan fingerprint density at radius 2 is 0.804 bits per heavy atom. The Morgan fingerprint density at radius 3 is 1.13 bits per heavy atom. The van der Waals surface area contributed by atoms with Crippen molar-refractivity contribution in [1.29, 1.82) is 0 Å². The third-order valence-electron chi connectivity index (χ3n) is 9.89. The summed E-state index contributed by atoms with van der Waals surface area (Å²) in [6.07, 6.45) is 50.8. The monoisotopic (exact) mass is 645 g/mol. The van der Waals surface area contributed by atoms with Crippen LogP contribution in [0.15, 0.2) is 24.3 Å². The van der Waals surface area contributed by atoms with Gasteiger partial charge in [-0.15, -0.1) is 6.58 Å². The zero-order chi connectivity index (χ0) is 33.6. The van der Waals surface area contributed by atoms with Crippen molar-refractivity contribution in [2.75, 3.05) is 0 Å². The first-order chi connectivity index (χ1) is 22.6. The molecule has 0 fully saturated rings. The first kappa shape index (κ1) is 45.1. The zero-order valence-corrected chi connectivity index (χ0v) is 31.8. The molecule has 0 radical (unpaired) electrons. The van der Waals surface area contributed by atoms with E-state index in [1.165, 1.54) is 198 Å². The van der Waals surface area contributed by atoms with Gasteiger partial charge in [0.05, 0.1) is 6.10 Å². The largest absolute Gasteiger partial charge is 0.393 e. The van der Waals surface area contributed by atoms with E-state index in [0.29, 0.717) is 6.42 Å². The standard InChI is InChI=1S/C44H84O2/c1-4-5-6-7-8-9-10-11-12-13-14-15-16-17-18-20-23-26-29-32-38-43(45)39-33-30-27-24-21-19-22-25-28-31-34-40-44(46)41-36-35-37-42(2)3/h36,41,43,45H,2,4-35,37-40H2,1,3H3/t43-/m0/s1. The normalized spacial score (nSPS) is 12.3. The van der Waals surface area contributed by atoms with Crippen molar-refractivity contribution in [2.24, 2.45) is 0 Å². The number of aliphatic hydroxyl groups excluding tert-OH is 1. The van der Waals surface area contributed by atoms with Crippen molar-refractivity contribution >= 4 is 5.78 Å². The van der Waals surface area contributed by atoms with E-state index >= 15 is 0 Å². The Hall–Kier alpha value is -0.890. The number of aliphatic hydroxyl groups is 1. The summed E-state index contributed by atoms with van der Waals surface area (Å²) in [5, 5.41) is 10.3. The maximum Gasteiger partial charge on any atom is 0.155 e. The molecule has 46 heavy (non-hydrogen) atoms. The molecule has 0 aromatic carbocycles. The Kier molecular flexibility index (Phi) is 37.8. The molecule has 0 aromatic rings. The van der Waals surface area contributed by atoms with Crippen LogP contribution in [0.25, 0.3) is 0 Å². The van der Waals surface area contributed by atoms with E-state index in [-0.39, 0.29) is 11.9 Å². The molecule has 0 aliphatic heterocycles. The molecule has 0 rings (SSSR count). The van der Waals surface area contributed by atoms with Crippen molar-refractivity contribution in [3.8, 4) is 0 Å². The molecule has 2 nitrogen and oxygen atoms in total. The summed E-state index contributed by atoms with van der Waals surface area (Å²) < 4.78 is 0. The van der Waals surface area contributed by atoms with Crippen molar-refractivity contribution < 1.29 is 9.90 Å². The van der Waals surface area contributed by atoms with Crippen molar-refractivity contribution in [2.45, 2.75) is 251 Å². The van der Waals surface area contributed by atoms with Gasteiger partial charge in [0, 0.05) is 6.42 Å². The molecule has 272 valence electrons. The fourth-order valence-electron chi connectivity index (χ4n) is 6.68. The molecule has 0 aliphatic rings. The van der Waals surface area contributed by atoms with Gasteiger partial charge in [-0.2, -0.15) is 0 Å². The predicted octanol–water partition coefficient (Wildman–Crippen LogP) is 15.1. The van der Waals surface area contributed by atoms with Crippen LogP contribution in [0.3, 0.4) is 0 Å². The molecule has 2 heteroatoms. The second-order valence-electron chi connectivity index (χ2n) is 15.0. The van der Waals surface area contributed by atoms with Gasteiger partial charge >= 0.3 is 0 Å². The fraction of sp³-hybridized carbons (Fsp3) is 0.886. The molecular formula is C44H84O2. The molecule has 0 unspecified atom stereocenters. The van der Waals surface area contributed by atoms with Gasteiger partial charge in [-0.3, -0.25) is 4.79 Å². The maximum absolute atomic E-state index is 11.9. The van der Waals surface area contributed by atoms with E-state index in [9.17, 15) is 9.90 Å². The fourth-order valence-corrected chi connectivity index (χ4v) is 6.68. The minimum absolute atomic E-state index is 0.0663. The third-order valence-corrected chi connectivity index (χ3v) is 9.89. The predicted molar refractivity (Wildman–Crippen MR) is 207 cm³/mol. The third kappa shape index (κ3) is 39.3. The van der Waals surface area contributed by atoms with Gasteiger partial charge < -0.3 is 5.11 Å².